The van der Waals surface area contributed by atoms with Crippen molar-refractivity contribution in [2.45, 2.75) is 19.5 Å². The van der Waals surface area contributed by atoms with Crippen LogP contribution in [-0.2, 0) is 21.7 Å². The SMILES string of the molecule is C#CCO[P+](=O)c1cc(Oc2ccc(C(F)(F)F)cc2Cl)c(CC)cc1[N+](=O)[O-]. The Morgan fingerprint density at radius 1 is 1.28 bits per heavy atom. The predicted molar refractivity (Wildman–Crippen MR) is 101 cm³/mol. The van der Waals surface area contributed by atoms with Crippen molar-refractivity contribution < 1.29 is 31.9 Å². The number of hydrogen-bond donors (Lipinski definition) is 0. The van der Waals surface area contributed by atoms with Gasteiger partial charge in [-0.2, -0.15) is 13.2 Å². The third-order valence-electron chi connectivity index (χ3n) is 3.68. The molecule has 29 heavy (non-hydrogen) atoms. The minimum Gasteiger partial charge on any atom is -0.455 e. The summed E-state index contributed by atoms with van der Waals surface area (Å²) in [7, 11) is -2.67. The molecule has 2 aromatic rings. The number of nitro benzene ring substituents is 1. The first-order valence-electron chi connectivity index (χ1n) is 7.98. The van der Waals surface area contributed by atoms with Crippen LogP contribution in [0.4, 0.5) is 18.9 Å². The van der Waals surface area contributed by atoms with Crippen molar-refractivity contribution in [1.29, 1.82) is 0 Å². The number of terminal acetylenes is 1. The quantitative estimate of drug-likeness (QED) is 0.238. The van der Waals surface area contributed by atoms with E-state index in [1.165, 1.54) is 0 Å². The first kappa shape index (κ1) is 22.6. The van der Waals surface area contributed by atoms with E-state index in [4.69, 9.17) is 27.3 Å². The van der Waals surface area contributed by atoms with Gasteiger partial charge < -0.3 is 4.74 Å². The van der Waals surface area contributed by atoms with E-state index in [-0.39, 0.29) is 34.9 Å². The Morgan fingerprint density at radius 3 is 2.48 bits per heavy atom. The van der Waals surface area contributed by atoms with Crippen molar-refractivity contribution in [1.82, 2.24) is 0 Å². The first-order chi connectivity index (χ1) is 13.6. The maximum atomic E-state index is 12.8. The Kier molecular flexibility index (Phi) is 7.20. The molecule has 0 heterocycles. The van der Waals surface area contributed by atoms with Gasteiger partial charge in [-0.3, -0.25) is 10.1 Å². The second-order valence-corrected chi connectivity index (χ2v) is 7.20. The molecule has 2 aromatic carbocycles. The van der Waals surface area contributed by atoms with Crippen molar-refractivity contribution in [2.24, 2.45) is 0 Å². The van der Waals surface area contributed by atoms with Crippen LogP contribution in [0.3, 0.4) is 0 Å². The van der Waals surface area contributed by atoms with Gasteiger partial charge in [-0.1, -0.05) is 24.4 Å². The zero-order valence-electron chi connectivity index (χ0n) is 14.8. The van der Waals surface area contributed by atoms with E-state index in [1.807, 2.05) is 0 Å². The Bertz CT molecular complexity index is 1000. The van der Waals surface area contributed by atoms with Crippen LogP contribution in [0.15, 0.2) is 30.3 Å². The topological polar surface area (TPSA) is 78.7 Å². The largest absolute Gasteiger partial charge is 0.557 e. The van der Waals surface area contributed by atoms with Gasteiger partial charge >= 0.3 is 25.2 Å². The number of nitro groups is 1. The van der Waals surface area contributed by atoms with Gasteiger partial charge in [-0.25, -0.2) is 0 Å². The summed E-state index contributed by atoms with van der Waals surface area (Å²) in [5.41, 5.74) is -1.05. The highest BCUT2D eigenvalue weighted by atomic mass is 35.5. The summed E-state index contributed by atoms with van der Waals surface area (Å²) in [6.45, 7) is 1.36. The maximum Gasteiger partial charge on any atom is 0.557 e. The number of ether oxygens (including phenoxy) is 1. The van der Waals surface area contributed by atoms with E-state index in [2.05, 4.69) is 5.92 Å². The van der Waals surface area contributed by atoms with Gasteiger partial charge in [0.2, 0.25) is 0 Å². The van der Waals surface area contributed by atoms with Crippen molar-refractivity contribution in [2.75, 3.05) is 6.61 Å². The van der Waals surface area contributed by atoms with Crippen molar-refractivity contribution in [3.05, 3.63) is 56.6 Å². The predicted octanol–water partition coefficient (Wildman–Crippen LogP) is 5.64. The molecule has 0 spiro atoms. The molecule has 0 aliphatic rings. The summed E-state index contributed by atoms with van der Waals surface area (Å²) in [4.78, 5) is 10.6. The van der Waals surface area contributed by atoms with Gasteiger partial charge in [0.1, 0.15) is 11.5 Å². The molecular weight excluding hydrogens is 434 g/mol. The van der Waals surface area contributed by atoms with E-state index in [9.17, 15) is 27.9 Å². The summed E-state index contributed by atoms with van der Waals surface area (Å²) < 4.78 is 61.1. The summed E-state index contributed by atoms with van der Waals surface area (Å²) in [5.74, 6) is 2.04. The smallest absolute Gasteiger partial charge is 0.455 e. The summed E-state index contributed by atoms with van der Waals surface area (Å²) in [6, 6.07) is 4.82. The molecule has 0 amide bonds. The van der Waals surface area contributed by atoms with Crippen LogP contribution in [0.2, 0.25) is 5.02 Å². The molecule has 0 aliphatic carbocycles. The number of alkyl halides is 3. The fourth-order valence-corrected chi connectivity index (χ4v) is 3.41. The minimum atomic E-state index is -4.58. The van der Waals surface area contributed by atoms with E-state index >= 15 is 0 Å². The first-order valence-corrected chi connectivity index (χ1v) is 9.53. The highest BCUT2D eigenvalue weighted by Crippen LogP contribution is 2.39. The number of nitrogens with zero attached hydrogens (tertiary/aromatic N) is 1. The highest BCUT2D eigenvalue weighted by molar-refractivity contribution is 7.48. The number of halogens is 4. The molecule has 0 aliphatic heterocycles. The fourth-order valence-electron chi connectivity index (χ4n) is 2.31. The molecule has 152 valence electrons. The molecule has 0 aromatic heterocycles. The number of benzene rings is 2. The Hall–Kier alpha value is -2.66. The van der Waals surface area contributed by atoms with Crippen molar-refractivity contribution >= 4 is 30.6 Å². The molecule has 0 bridgehead atoms. The van der Waals surface area contributed by atoms with E-state index in [0.29, 0.717) is 11.6 Å². The molecule has 2 rings (SSSR count). The number of hydrogen-bond acceptors (Lipinski definition) is 5. The Labute approximate surface area is 169 Å². The monoisotopic (exact) mass is 446 g/mol. The van der Waals surface area contributed by atoms with Crippen molar-refractivity contribution in [3.8, 4) is 23.8 Å². The summed E-state index contributed by atoms with van der Waals surface area (Å²) in [5, 5.41) is 10.8. The number of rotatable bonds is 7. The lowest BCUT2D eigenvalue weighted by molar-refractivity contribution is -0.383. The van der Waals surface area contributed by atoms with Crippen LogP contribution in [-0.4, -0.2) is 11.5 Å². The standard InChI is InChI=1S/C18H13ClF3NO5P/c1-3-7-27-29(26)17-10-16(11(4-2)8-14(17)23(24)25)28-15-6-5-12(9-13(15)19)18(20,21)22/h1,5-6,8-10H,4,7H2,2H3/q+1. The average molecular weight is 447 g/mol. The van der Waals surface area contributed by atoms with Gasteiger partial charge in [-0.05, 0) is 29.2 Å². The lowest BCUT2D eigenvalue weighted by Gasteiger charge is -2.13. The number of aryl methyl sites for hydroxylation is 1. The molecule has 0 N–H and O–H groups in total. The van der Waals surface area contributed by atoms with Crippen LogP contribution >= 0.6 is 19.6 Å². The molecule has 6 nitrogen and oxygen atoms in total. The summed E-state index contributed by atoms with van der Waals surface area (Å²) >= 11 is 5.90. The molecule has 0 saturated heterocycles. The van der Waals surface area contributed by atoms with Gasteiger partial charge in [0.15, 0.2) is 6.61 Å². The second kappa shape index (κ2) is 9.23. The zero-order valence-corrected chi connectivity index (χ0v) is 16.5. The third-order valence-corrected chi connectivity index (χ3v) is 5.09. The lowest BCUT2D eigenvalue weighted by atomic mass is 10.1. The molecule has 0 radical (unpaired) electrons. The minimum absolute atomic E-state index is 0.0439. The molecule has 1 unspecified atom stereocenters. The fraction of sp³-hybridized carbons (Fsp3) is 0.222. The van der Waals surface area contributed by atoms with Crippen LogP contribution in [0, 0.1) is 22.5 Å². The molecule has 1 atom stereocenters. The molecule has 11 heteroatoms. The van der Waals surface area contributed by atoms with Gasteiger partial charge in [-0.15, -0.1) is 10.9 Å². The van der Waals surface area contributed by atoms with E-state index < -0.39 is 30.4 Å². The van der Waals surface area contributed by atoms with Crippen LogP contribution in [0.5, 0.6) is 11.5 Å². The van der Waals surface area contributed by atoms with Crippen LogP contribution in [0.25, 0.3) is 0 Å². The van der Waals surface area contributed by atoms with Gasteiger partial charge in [0, 0.05) is 17.7 Å². The van der Waals surface area contributed by atoms with E-state index in [0.717, 1.165) is 24.3 Å². The van der Waals surface area contributed by atoms with Gasteiger partial charge in [0.25, 0.3) is 0 Å². The lowest BCUT2D eigenvalue weighted by Crippen LogP contribution is -2.09. The molecular formula is C18H13ClF3NO5P+. The van der Waals surface area contributed by atoms with Crippen LogP contribution in [0.1, 0.15) is 18.1 Å². The Morgan fingerprint density at radius 2 is 1.97 bits per heavy atom. The molecule has 0 fully saturated rings. The van der Waals surface area contributed by atoms with Gasteiger partial charge in [0.05, 0.1) is 15.5 Å². The average Bonchev–Trinajstić information content (AvgIpc) is 2.66. The van der Waals surface area contributed by atoms with Crippen LogP contribution < -0.4 is 10.0 Å². The normalized spacial score (nSPS) is 11.7. The van der Waals surface area contributed by atoms with E-state index in [1.54, 1.807) is 6.92 Å². The zero-order chi connectivity index (χ0) is 21.8. The second-order valence-electron chi connectivity index (χ2n) is 5.54. The highest BCUT2D eigenvalue weighted by Gasteiger charge is 2.36. The maximum absolute atomic E-state index is 12.8. The molecule has 0 saturated carbocycles. The van der Waals surface area contributed by atoms with Crippen molar-refractivity contribution in [3.63, 3.8) is 0 Å². The third kappa shape index (κ3) is 5.45. The summed E-state index contributed by atoms with van der Waals surface area (Å²) in [6.07, 6.45) is 0.742. The Balaban J connectivity index is 2.51.